The minimum absolute atomic E-state index is 0. The fourth-order valence-corrected chi connectivity index (χ4v) is 4.40. The molecule has 152 valence electrons. The molecule has 0 saturated heterocycles. The number of carbonyl (C=O) groups is 1. The molecule has 3 heterocycles. The Labute approximate surface area is 194 Å². The van der Waals surface area contributed by atoms with Crippen molar-refractivity contribution in [2.75, 3.05) is 18.1 Å². The first-order valence-electron chi connectivity index (χ1n) is 8.75. The van der Waals surface area contributed by atoms with Crippen molar-refractivity contribution in [2.45, 2.75) is 25.9 Å². The van der Waals surface area contributed by atoms with E-state index in [0.717, 1.165) is 10.6 Å². The molecule has 0 amide bonds. The minimum Gasteiger partial charge on any atom is -1.00 e. The first kappa shape index (κ1) is 23.2. The summed E-state index contributed by atoms with van der Waals surface area (Å²) in [7, 11) is 0. The lowest BCUT2D eigenvalue weighted by Gasteiger charge is -2.11. The summed E-state index contributed by atoms with van der Waals surface area (Å²) in [6.07, 6.45) is 3.70. The number of thioether (sulfide) groups is 1. The summed E-state index contributed by atoms with van der Waals surface area (Å²) in [5.41, 5.74) is 7.89. The minimum atomic E-state index is -0.570. The molecule has 0 radical (unpaired) electrons. The predicted octanol–water partition coefficient (Wildman–Crippen LogP) is 0.587. The molecule has 0 saturated carbocycles. The molecule has 0 fully saturated rings. The van der Waals surface area contributed by atoms with E-state index in [1.165, 1.54) is 27.6 Å². The summed E-state index contributed by atoms with van der Waals surface area (Å²) < 4.78 is 8.52. The standard InChI is InChI=1S/C19H19N5O2S2.HI/c1-4-9-23-17-12(11-20)14(13-8-7-10-28-13)15(18(25)26-5-2)16(21)24(17)22-19(23)27-6-3;/h4,7-10,21H,5-6H2,1-3H3;1H/b9-4+;. The van der Waals surface area contributed by atoms with Crippen LogP contribution in [0.3, 0.4) is 0 Å². The first-order chi connectivity index (χ1) is 13.6. The van der Waals surface area contributed by atoms with E-state index >= 15 is 0 Å². The van der Waals surface area contributed by atoms with Crippen LogP contribution < -0.4 is 34.3 Å². The molecule has 0 aliphatic rings. The molecular formula is C19H20IN5O2S2. The number of hydrogen-bond acceptors (Lipinski definition) is 7. The topological polar surface area (TPSA) is 97.3 Å². The van der Waals surface area contributed by atoms with Crippen molar-refractivity contribution in [1.29, 1.82) is 5.26 Å². The van der Waals surface area contributed by atoms with Gasteiger partial charge in [-0.25, -0.2) is 4.79 Å². The van der Waals surface area contributed by atoms with Gasteiger partial charge in [0.1, 0.15) is 17.2 Å². The second-order valence-corrected chi connectivity index (χ2v) is 7.80. The molecule has 3 rings (SSSR count). The van der Waals surface area contributed by atoms with Gasteiger partial charge in [-0.3, -0.25) is 0 Å². The van der Waals surface area contributed by atoms with Crippen LogP contribution in [0.5, 0.6) is 0 Å². The fraction of sp³-hybridized carbons (Fsp3) is 0.263. The van der Waals surface area contributed by atoms with Gasteiger partial charge in [0, 0.05) is 16.2 Å². The highest BCUT2D eigenvalue weighted by Crippen LogP contribution is 2.37. The largest absolute Gasteiger partial charge is 1.00 e. The third-order valence-corrected chi connectivity index (χ3v) is 5.67. The lowest BCUT2D eigenvalue weighted by molar-refractivity contribution is -0.583. The Kier molecular flexibility index (Phi) is 8.06. The van der Waals surface area contributed by atoms with Crippen molar-refractivity contribution in [3.8, 4) is 16.5 Å². The summed E-state index contributed by atoms with van der Waals surface area (Å²) in [5, 5.41) is 17.2. The predicted molar refractivity (Wildman–Crippen MR) is 111 cm³/mol. The quantitative estimate of drug-likeness (QED) is 0.213. The smallest absolute Gasteiger partial charge is 0.344 e. The number of nitrogens with zero attached hydrogens (tertiary/aromatic N) is 4. The van der Waals surface area contributed by atoms with Crippen molar-refractivity contribution in [2.24, 2.45) is 0 Å². The van der Waals surface area contributed by atoms with E-state index in [1.807, 2.05) is 48.2 Å². The number of carbonyl (C=O) groups excluding carboxylic acids is 1. The molecule has 0 aromatic carbocycles. The molecule has 0 bridgehead atoms. The number of rotatable bonds is 6. The second kappa shape index (κ2) is 10.1. The summed E-state index contributed by atoms with van der Waals surface area (Å²) in [5.74, 6) is 0.378. The number of thiophene rings is 1. The third-order valence-electron chi connectivity index (χ3n) is 3.96. The average molecular weight is 541 g/mol. The molecule has 10 heteroatoms. The Balaban J connectivity index is 0.00000300. The first-order valence-corrected chi connectivity index (χ1v) is 10.6. The Morgan fingerprint density at radius 1 is 1.52 bits per heavy atom. The van der Waals surface area contributed by atoms with Crippen molar-refractivity contribution in [1.82, 2.24) is 9.61 Å². The zero-order valence-corrected chi connectivity index (χ0v) is 20.0. The SMILES string of the molecule is C/C=C/[n+]1c(SCC)nn2c(N)c(C(=O)OCC)c(-c3cccs3)c(C#N)c21.[I-]. The molecule has 2 N–H and O–H groups in total. The Bertz CT molecular complexity index is 1100. The van der Waals surface area contributed by atoms with Crippen molar-refractivity contribution >= 4 is 46.7 Å². The van der Waals surface area contributed by atoms with Gasteiger partial charge in [-0.05, 0) is 37.1 Å². The van der Waals surface area contributed by atoms with E-state index in [1.54, 1.807) is 6.92 Å². The third kappa shape index (κ3) is 4.12. The number of ether oxygens (including phenoxy) is 1. The number of nitriles is 1. The number of allylic oxidation sites excluding steroid dienone is 1. The second-order valence-electron chi connectivity index (χ2n) is 5.62. The van der Waals surface area contributed by atoms with Gasteiger partial charge < -0.3 is 34.4 Å². The number of nitrogen functional groups attached to an aromatic ring is 1. The van der Waals surface area contributed by atoms with E-state index in [9.17, 15) is 10.1 Å². The molecule has 0 spiro atoms. The van der Waals surface area contributed by atoms with Crippen LogP contribution in [0.4, 0.5) is 5.82 Å². The molecule has 0 unspecified atom stereocenters. The maximum Gasteiger partial charge on any atom is 0.344 e. The van der Waals surface area contributed by atoms with Gasteiger partial charge >= 0.3 is 11.1 Å². The van der Waals surface area contributed by atoms with E-state index in [2.05, 4.69) is 11.2 Å². The molecule has 7 nitrogen and oxygen atoms in total. The van der Waals surface area contributed by atoms with E-state index in [-0.39, 0.29) is 42.0 Å². The highest BCUT2D eigenvalue weighted by atomic mass is 127. The number of fused-ring (bicyclic) bond motifs is 1. The van der Waals surface area contributed by atoms with E-state index in [0.29, 0.717) is 21.9 Å². The Hall–Kier alpha value is -2.10. The van der Waals surface area contributed by atoms with Crippen LogP contribution in [0.1, 0.15) is 36.7 Å². The van der Waals surface area contributed by atoms with Gasteiger partial charge in [-0.1, -0.05) is 23.6 Å². The summed E-state index contributed by atoms with van der Waals surface area (Å²) in [6, 6.07) is 5.99. The van der Waals surface area contributed by atoms with Crippen molar-refractivity contribution < 1.29 is 38.1 Å². The van der Waals surface area contributed by atoms with Crippen LogP contribution >= 0.6 is 23.1 Å². The van der Waals surface area contributed by atoms with Crippen molar-refractivity contribution in [3.63, 3.8) is 0 Å². The van der Waals surface area contributed by atoms with Gasteiger partial charge in [0.15, 0.2) is 0 Å². The Morgan fingerprint density at radius 2 is 2.28 bits per heavy atom. The zero-order chi connectivity index (χ0) is 20.3. The van der Waals surface area contributed by atoms with E-state index in [4.69, 9.17) is 10.5 Å². The molecule has 3 aromatic rings. The van der Waals surface area contributed by atoms with Crippen LogP contribution in [0.15, 0.2) is 28.7 Å². The van der Waals surface area contributed by atoms with Gasteiger partial charge in [0.05, 0.1) is 17.9 Å². The molecular weight excluding hydrogens is 521 g/mol. The molecule has 0 aliphatic carbocycles. The molecule has 0 atom stereocenters. The lowest BCUT2D eigenvalue weighted by atomic mass is 10.0. The Morgan fingerprint density at radius 3 is 2.83 bits per heavy atom. The molecule has 29 heavy (non-hydrogen) atoms. The van der Waals surface area contributed by atoms with Crippen LogP contribution in [-0.4, -0.2) is 27.9 Å². The zero-order valence-electron chi connectivity index (χ0n) is 16.2. The number of halogens is 1. The summed E-state index contributed by atoms with van der Waals surface area (Å²) >= 11 is 2.96. The fourth-order valence-electron chi connectivity index (χ4n) is 2.93. The van der Waals surface area contributed by atoms with Crippen LogP contribution in [0.2, 0.25) is 0 Å². The van der Waals surface area contributed by atoms with Gasteiger partial charge in [0.25, 0.3) is 5.65 Å². The number of anilines is 1. The average Bonchev–Trinajstić information content (AvgIpc) is 3.32. The van der Waals surface area contributed by atoms with Crippen molar-refractivity contribution in [3.05, 3.63) is 34.7 Å². The number of esters is 1. The van der Waals surface area contributed by atoms with Gasteiger partial charge in [-0.2, -0.15) is 9.83 Å². The van der Waals surface area contributed by atoms with Gasteiger partial charge in [-0.15, -0.1) is 11.3 Å². The number of hydrogen-bond donors (Lipinski definition) is 1. The maximum absolute atomic E-state index is 12.8. The number of nitrogens with two attached hydrogens (primary N) is 1. The normalized spacial score (nSPS) is 10.8. The number of aromatic nitrogens is 3. The summed E-state index contributed by atoms with van der Waals surface area (Å²) in [6.45, 7) is 5.84. The monoisotopic (exact) mass is 541 g/mol. The van der Waals surface area contributed by atoms with Crippen LogP contribution in [0, 0.1) is 11.3 Å². The van der Waals surface area contributed by atoms with Crippen LogP contribution in [0.25, 0.3) is 22.3 Å². The van der Waals surface area contributed by atoms with Crippen LogP contribution in [-0.2, 0) is 4.74 Å². The number of pyridine rings is 1. The highest BCUT2D eigenvalue weighted by Gasteiger charge is 2.34. The molecule has 3 aromatic heterocycles. The maximum atomic E-state index is 12.8. The lowest BCUT2D eigenvalue weighted by Crippen LogP contribution is -3.00. The summed E-state index contributed by atoms with van der Waals surface area (Å²) in [4.78, 5) is 13.5. The molecule has 0 aliphatic heterocycles. The highest BCUT2D eigenvalue weighted by molar-refractivity contribution is 7.99. The van der Waals surface area contributed by atoms with E-state index < -0.39 is 5.97 Å². The van der Waals surface area contributed by atoms with Gasteiger partial charge in [0.2, 0.25) is 5.82 Å².